The minimum absolute atomic E-state index is 0.0337. The highest BCUT2D eigenvalue weighted by Crippen LogP contribution is 2.24. The molecule has 0 unspecified atom stereocenters. The summed E-state index contributed by atoms with van der Waals surface area (Å²) in [7, 11) is 0. The van der Waals surface area contributed by atoms with E-state index in [0.717, 1.165) is 16.8 Å². The van der Waals surface area contributed by atoms with Crippen LogP contribution >= 0.6 is 0 Å². The molecule has 0 fully saturated rings. The molecule has 1 aliphatic rings. The summed E-state index contributed by atoms with van der Waals surface area (Å²) in [4.78, 5) is 23.0. The van der Waals surface area contributed by atoms with Gasteiger partial charge in [0.1, 0.15) is 5.78 Å². The number of nitrogens with zero attached hydrogens (tertiary/aromatic N) is 3. The standard InChI is InChI=1S/C13H11N3O3/c1-7-2-3-8-5-9(17)6-11-12(13(18)19)14-15-16(11)10(8)4-7/h2-4H,5-6H2,1H3,(H,18,19). The summed E-state index contributed by atoms with van der Waals surface area (Å²) in [6, 6.07) is 5.68. The Labute approximate surface area is 108 Å². The molecule has 96 valence electrons. The van der Waals surface area contributed by atoms with Crippen LogP contribution in [0.4, 0.5) is 0 Å². The monoisotopic (exact) mass is 257 g/mol. The summed E-state index contributed by atoms with van der Waals surface area (Å²) in [6.07, 6.45) is 0.334. The molecule has 0 atom stereocenters. The van der Waals surface area contributed by atoms with E-state index in [1.807, 2.05) is 25.1 Å². The third kappa shape index (κ3) is 1.81. The molecule has 0 saturated carbocycles. The Hall–Kier alpha value is -2.50. The van der Waals surface area contributed by atoms with Gasteiger partial charge in [-0.1, -0.05) is 17.3 Å². The van der Waals surface area contributed by atoms with Crippen LogP contribution in [0.5, 0.6) is 0 Å². The first-order valence-electron chi connectivity index (χ1n) is 5.85. The number of carboxylic acid groups (broad SMARTS) is 1. The number of aryl methyl sites for hydroxylation is 1. The fourth-order valence-corrected chi connectivity index (χ4v) is 2.30. The maximum atomic E-state index is 11.9. The number of aromatic nitrogens is 3. The highest BCUT2D eigenvalue weighted by molar-refractivity contribution is 5.91. The average Bonchev–Trinajstić information content (AvgIpc) is 2.69. The van der Waals surface area contributed by atoms with Crippen molar-refractivity contribution in [2.24, 2.45) is 0 Å². The third-order valence-electron chi connectivity index (χ3n) is 3.19. The molecule has 3 rings (SSSR count). The van der Waals surface area contributed by atoms with Gasteiger partial charge in [-0.2, -0.15) is 0 Å². The molecule has 19 heavy (non-hydrogen) atoms. The maximum Gasteiger partial charge on any atom is 0.358 e. The number of fused-ring (bicyclic) bond motifs is 3. The van der Waals surface area contributed by atoms with Gasteiger partial charge in [0.25, 0.3) is 0 Å². The SMILES string of the molecule is Cc1ccc2c(c1)-n1nnc(C(=O)O)c1CC(=O)C2. The third-order valence-corrected chi connectivity index (χ3v) is 3.19. The van der Waals surface area contributed by atoms with Gasteiger partial charge in [0, 0.05) is 6.42 Å². The molecule has 2 aromatic rings. The quantitative estimate of drug-likeness (QED) is 0.821. The molecule has 2 heterocycles. The maximum absolute atomic E-state index is 11.9. The second-order valence-electron chi connectivity index (χ2n) is 4.63. The van der Waals surface area contributed by atoms with E-state index in [-0.39, 0.29) is 24.3 Å². The van der Waals surface area contributed by atoms with E-state index in [1.54, 1.807) is 0 Å². The van der Waals surface area contributed by atoms with Gasteiger partial charge < -0.3 is 5.11 Å². The molecule has 0 amide bonds. The van der Waals surface area contributed by atoms with Crippen LogP contribution in [-0.2, 0) is 17.6 Å². The number of hydrogen-bond acceptors (Lipinski definition) is 4. The summed E-state index contributed by atoms with van der Waals surface area (Å²) in [5.74, 6) is -1.20. The second-order valence-corrected chi connectivity index (χ2v) is 4.63. The number of carbonyl (C=O) groups excluding carboxylic acids is 1. The minimum Gasteiger partial charge on any atom is -0.476 e. The van der Waals surface area contributed by atoms with Crippen LogP contribution in [-0.4, -0.2) is 31.9 Å². The lowest BCUT2D eigenvalue weighted by molar-refractivity contribution is -0.117. The van der Waals surface area contributed by atoms with Crippen LogP contribution in [0.2, 0.25) is 0 Å². The van der Waals surface area contributed by atoms with E-state index >= 15 is 0 Å². The molecule has 0 radical (unpaired) electrons. The van der Waals surface area contributed by atoms with Crippen LogP contribution in [0.25, 0.3) is 5.69 Å². The van der Waals surface area contributed by atoms with Crippen molar-refractivity contribution in [3.8, 4) is 5.69 Å². The van der Waals surface area contributed by atoms with Crippen molar-refractivity contribution >= 4 is 11.8 Å². The Morgan fingerprint density at radius 2 is 2.16 bits per heavy atom. The number of carbonyl (C=O) groups is 2. The second kappa shape index (κ2) is 4.01. The van der Waals surface area contributed by atoms with Gasteiger partial charge in [-0.3, -0.25) is 4.79 Å². The summed E-state index contributed by atoms with van der Waals surface area (Å²) in [5, 5.41) is 16.6. The number of rotatable bonds is 1. The van der Waals surface area contributed by atoms with Crippen molar-refractivity contribution < 1.29 is 14.7 Å². The van der Waals surface area contributed by atoms with Crippen LogP contribution in [0.1, 0.15) is 27.3 Å². The molecule has 6 nitrogen and oxygen atoms in total. The molecule has 1 N–H and O–H groups in total. The van der Waals surface area contributed by atoms with Gasteiger partial charge in [0.2, 0.25) is 0 Å². The average molecular weight is 257 g/mol. The lowest BCUT2D eigenvalue weighted by atomic mass is 10.0. The van der Waals surface area contributed by atoms with Crippen molar-refractivity contribution in [1.29, 1.82) is 0 Å². The summed E-state index contributed by atoms with van der Waals surface area (Å²) in [6.45, 7) is 1.93. The number of hydrogen-bond donors (Lipinski definition) is 1. The number of carboxylic acids is 1. The highest BCUT2D eigenvalue weighted by Gasteiger charge is 2.26. The largest absolute Gasteiger partial charge is 0.476 e. The molecule has 0 bridgehead atoms. The van der Waals surface area contributed by atoms with Crippen LogP contribution in [0.3, 0.4) is 0 Å². The Kier molecular flexibility index (Phi) is 2.45. The lowest BCUT2D eigenvalue weighted by Gasteiger charge is -2.07. The van der Waals surface area contributed by atoms with Crippen molar-refractivity contribution in [3.63, 3.8) is 0 Å². The Morgan fingerprint density at radius 3 is 2.89 bits per heavy atom. The normalized spacial score (nSPS) is 13.6. The van der Waals surface area contributed by atoms with E-state index in [1.165, 1.54) is 4.68 Å². The van der Waals surface area contributed by atoms with Gasteiger partial charge in [-0.15, -0.1) is 5.10 Å². The molecule has 0 aliphatic carbocycles. The first-order valence-corrected chi connectivity index (χ1v) is 5.85. The Bertz CT molecular complexity index is 703. The zero-order valence-electron chi connectivity index (χ0n) is 10.3. The zero-order chi connectivity index (χ0) is 13.6. The van der Waals surface area contributed by atoms with Crippen molar-refractivity contribution in [2.45, 2.75) is 19.8 Å². The minimum atomic E-state index is -1.16. The van der Waals surface area contributed by atoms with Gasteiger partial charge in [-0.05, 0) is 24.1 Å². The number of Topliss-reactive ketones (excluding diaryl/α,β-unsaturated/α-hetero) is 1. The molecule has 1 aromatic heterocycles. The van der Waals surface area contributed by atoms with E-state index in [0.29, 0.717) is 5.69 Å². The van der Waals surface area contributed by atoms with Gasteiger partial charge >= 0.3 is 5.97 Å². The van der Waals surface area contributed by atoms with E-state index in [2.05, 4.69) is 10.3 Å². The molecule has 6 heteroatoms. The summed E-state index contributed by atoms with van der Waals surface area (Å²) in [5.41, 5.74) is 2.80. The van der Waals surface area contributed by atoms with E-state index in [4.69, 9.17) is 5.11 Å². The van der Waals surface area contributed by atoms with E-state index in [9.17, 15) is 9.59 Å². The number of benzene rings is 1. The highest BCUT2D eigenvalue weighted by atomic mass is 16.4. The first-order chi connectivity index (χ1) is 9.06. The van der Waals surface area contributed by atoms with Crippen LogP contribution in [0.15, 0.2) is 18.2 Å². The molecule has 0 saturated heterocycles. The summed E-state index contributed by atoms with van der Waals surface area (Å²) >= 11 is 0. The van der Waals surface area contributed by atoms with Gasteiger partial charge in [-0.25, -0.2) is 9.48 Å². The number of ketones is 1. The van der Waals surface area contributed by atoms with E-state index < -0.39 is 5.97 Å². The lowest BCUT2D eigenvalue weighted by Crippen LogP contribution is -2.09. The fraction of sp³-hybridized carbons (Fsp3) is 0.231. The smallest absolute Gasteiger partial charge is 0.358 e. The number of aromatic carboxylic acids is 1. The van der Waals surface area contributed by atoms with Crippen LogP contribution < -0.4 is 0 Å². The van der Waals surface area contributed by atoms with Crippen molar-refractivity contribution in [2.75, 3.05) is 0 Å². The predicted molar refractivity (Wildman–Crippen MR) is 65.5 cm³/mol. The Balaban J connectivity index is 2.29. The van der Waals surface area contributed by atoms with Crippen molar-refractivity contribution in [1.82, 2.24) is 15.0 Å². The summed E-state index contributed by atoms with van der Waals surface area (Å²) < 4.78 is 1.47. The van der Waals surface area contributed by atoms with Crippen LogP contribution in [0, 0.1) is 6.92 Å². The van der Waals surface area contributed by atoms with Gasteiger partial charge in [0.05, 0.1) is 17.8 Å². The molecule has 0 spiro atoms. The molecule has 1 aliphatic heterocycles. The van der Waals surface area contributed by atoms with Gasteiger partial charge in [0.15, 0.2) is 5.69 Å². The Morgan fingerprint density at radius 1 is 1.37 bits per heavy atom. The predicted octanol–water partition coefficient (Wildman–Crippen LogP) is 0.942. The molecular formula is C13H11N3O3. The van der Waals surface area contributed by atoms with Crippen molar-refractivity contribution in [3.05, 3.63) is 40.7 Å². The topological polar surface area (TPSA) is 85.1 Å². The first kappa shape index (κ1) is 11.6. The fourth-order valence-electron chi connectivity index (χ4n) is 2.30. The molecule has 1 aromatic carbocycles. The molecular weight excluding hydrogens is 246 g/mol. The zero-order valence-corrected chi connectivity index (χ0v) is 10.3.